The van der Waals surface area contributed by atoms with Gasteiger partial charge in [-0.1, -0.05) is 18.2 Å². The molecule has 0 aliphatic rings. The van der Waals surface area contributed by atoms with E-state index in [2.05, 4.69) is 10.6 Å². The van der Waals surface area contributed by atoms with E-state index < -0.39 is 6.04 Å². The van der Waals surface area contributed by atoms with Crippen molar-refractivity contribution in [3.8, 4) is 0 Å². The second-order valence-electron chi connectivity index (χ2n) is 2.86. The van der Waals surface area contributed by atoms with Crippen LogP contribution < -0.4 is 10.6 Å². The van der Waals surface area contributed by atoms with Crippen molar-refractivity contribution in [3.63, 3.8) is 0 Å². The van der Waals surface area contributed by atoms with E-state index in [0.717, 1.165) is 5.69 Å². The van der Waals surface area contributed by atoms with Gasteiger partial charge < -0.3 is 10.6 Å². The van der Waals surface area contributed by atoms with Gasteiger partial charge in [0.15, 0.2) is 0 Å². The predicted octanol–water partition coefficient (Wildman–Crippen LogP) is 0.760. The lowest BCUT2D eigenvalue weighted by Crippen LogP contribution is -2.37. The number of hydrogen-bond donors (Lipinski definition) is 2. The Kier molecular flexibility index (Phi) is 3.67. The molecule has 74 valence electrons. The van der Waals surface area contributed by atoms with Gasteiger partial charge in [0.25, 0.3) is 0 Å². The standard InChI is InChI=1S/C10H12N2O2/c1-8(11-7-13)10(14)12-9-5-3-2-4-6-9/h2-8H,1H3,(H,11,13)(H,12,14). The molecule has 14 heavy (non-hydrogen) atoms. The first-order valence-corrected chi connectivity index (χ1v) is 4.29. The third-order valence-electron chi connectivity index (χ3n) is 1.75. The highest BCUT2D eigenvalue weighted by molar-refractivity contribution is 5.95. The lowest BCUT2D eigenvalue weighted by Gasteiger charge is -2.10. The van der Waals surface area contributed by atoms with E-state index in [1.807, 2.05) is 18.2 Å². The maximum absolute atomic E-state index is 11.4. The van der Waals surface area contributed by atoms with Crippen molar-refractivity contribution in [2.24, 2.45) is 0 Å². The number of carbonyl (C=O) groups is 2. The summed E-state index contributed by atoms with van der Waals surface area (Å²) in [6.07, 6.45) is 0.509. The monoisotopic (exact) mass is 192 g/mol. The third-order valence-corrected chi connectivity index (χ3v) is 1.75. The molecule has 4 heteroatoms. The molecule has 4 nitrogen and oxygen atoms in total. The van der Waals surface area contributed by atoms with E-state index >= 15 is 0 Å². The second-order valence-corrected chi connectivity index (χ2v) is 2.86. The van der Waals surface area contributed by atoms with Gasteiger partial charge in [-0.25, -0.2) is 0 Å². The first kappa shape index (κ1) is 10.2. The summed E-state index contributed by atoms with van der Waals surface area (Å²) in [6.45, 7) is 1.62. The van der Waals surface area contributed by atoms with E-state index in [1.165, 1.54) is 0 Å². The SMILES string of the molecule is CC(NC=O)C(=O)Nc1ccccc1. The average Bonchev–Trinajstić information content (AvgIpc) is 2.19. The van der Waals surface area contributed by atoms with Gasteiger partial charge in [-0.3, -0.25) is 9.59 Å². The number of anilines is 1. The molecule has 1 aromatic carbocycles. The Hall–Kier alpha value is -1.84. The summed E-state index contributed by atoms with van der Waals surface area (Å²) in [4.78, 5) is 21.5. The van der Waals surface area contributed by atoms with Gasteiger partial charge in [0, 0.05) is 5.69 Å². The second kappa shape index (κ2) is 5.01. The van der Waals surface area contributed by atoms with Gasteiger partial charge in [0.05, 0.1) is 0 Å². The first-order chi connectivity index (χ1) is 6.74. The van der Waals surface area contributed by atoms with Crippen molar-refractivity contribution in [1.29, 1.82) is 0 Å². The van der Waals surface area contributed by atoms with Crippen LogP contribution in [-0.4, -0.2) is 18.4 Å². The lowest BCUT2D eigenvalue weighted by atomic mass is 10.3. The molecule has 1 aromatic rings. The topological polar surface area (TPSA) is 58.2 Å². The van der Waals surface area contributed by atoms with E-state index in [9.17, 15) is 9.59 Å². The lowest BCUT2D eigenvalue weighted by molar-refractivity contribution is -0.120. The fraction of sp³-hybridized carbons (Fsp3) is 0.200. The van der Waals surface area contributed by atoms with Crippen molar-refractivity contribution < 1.29 is 9.59 Å². The summed E-state index contributed by atoms with van der Waals surface area (Å²) >= 11 is 0. The molecular weight excluding hydrogens is 180 g/mol. The zero-order valence-electron chi connectivity index (χ0n) is 7.86. The third kappa shape index (κ3) is 2.90. The molecule has 2 amide bonds. The van der Waals surface area contributed by atoms with Crippen LogP contribution in [0, 0.1) is 0 Å². The Bertz CT molecular complexity index is 311. The molecule has 0 saturated heterocycles. The van der Waals surface area contributed by atoms with Crippen LogP contribution in [0.25, 0.3) is 0 Å². The average molecular weight is 192 g/mol. The minimum atomic E-state index is -0.521. The van der Waals surface area contributed by atoms with Crippen molar-refractivity contribution >= 4 is 18.0 Å². The van der Waals surface area contributed by atoms with Gasteiger partial charge in [-0.15, -0.1) is 0 Å². The van der Waals surface area contributed by atoms with Crippen LogP contribution >= 0.6 is 0 Å². The van der Waals surface area contributed by atoms with Crippen LogP contribution in [0.4, 0.5) is 5.69 Å². The van der Waals surface area contributed by atoms with Gasteiger partial charge in [0.1, 0.15) is 6.04 Å². The van der Waals surface area contributed by atoms with Crippen LogP contribution in [0.1, 0.15) is 6.92 Å². The molecule has 1 unspecified atom stereocenters. The molecule has 0 aliphatic heterocycles. The van der Waals surface area contributed by atoms with Crippen molar-refractivity contribution in [2.45, 2.75) is 13.0 Å². The van der Waals surface area contributed by atoms with E-state index in [-0.39, 0.29) is 5.91 Å². The molecule has 0 bridgehead atoms. The summed E-state index contributed by atoms with van der Waals surface area (Å²) in [6, 6.07) is 8.56. The van der Waals surface area contributed by atoms with Crippen LogP contribution in [0.15, 0.2) is 30.3 Å². The Labute approximate surface area is 82.3 Å². The highest BCUT2D eigenvalue weighted by Gasteiger charge is 2.10. The Balaban J connectivity index is 2.53. The van der Waals surface area contributed by atoms with E-state index in [1.54, 1.807) is 19.1 Å². The molecule has 2 N–H and O–H groups in total. The number of amides is 2. The summed E-state index contributed by atoms with van der Waals surface area (Å²) in [5.74, 6) is -0.233. The molecule has 0 radical (unpaired) electrons. The number of nitrogens with one attached hydrogen (secondary N) is 2. The minimum absolute atomic E-state index is 0.233. The largest absolute Gasteiger partial charge is 0.347 e. The highest BCUT2D eigenvalue weighted by atomic mass is 16.2. The molecule has 1 rings (SSSR count). The van der Waals surface area contributed by atoms with Crippen LogP contribution in [-0.2, 0) is 9.59 Å². The summed E-state index contributed by atoms with van der Waals surface area (Å²) in [5.41, 5.74) is 0.719. The molecular formula is C10H12N2O2. The first-order valence-electron chi connectivity index (χ1n) is 4.29. The highest BCUT2D eigenvalue weighted by Crippen LogP contribution is 2.04. The van der Waals surface area contributed by atoms with Gasteiger partial charge in [-0.05, 0) is 19.1 Å². The summed E-state index contributed by atoms with van der Waals surface area (Å²) in [5, 5.41) is 5.04. The molecule has 0 saturated carbocycles. The molecule has 0 fully saturated rings. The fourth-order valence-corrected chi connectivity index (χ4v) is 0.950. The van der Waals surface area contributed by atoms with E-state index in [4.69, 9.17) is 0 Å². The van der Waals surface area contributed by atoms with Gasteiger partial charge in [0.2, 0.25) is 12.3 Å². The Morgan fingerprint density at radius 3 is 2.57 bits per heavy atom. The molecule has 0 spiro atoms. The number of para-hydroxylation sites is 1. The van der Waals surface area contributed by atoms with Gasteiger partial charge in [-0.2, -0.15) is 0 Å². The maximum Gasteiger partial charge on any atom is 0.246 e. The van der Waals surface area contributed by atoms with Gasteiger partial charge >= 0.3 is 0 Å². The summed E-state index contributed by atoms with van der Waals surface area (Å²) in [7, 11) is 0. The van der Waals surface area contributed by atoms with E-state index in [0.29, 0.717) is 6.41 Å². The van der Waals surface area contributed by atoms with Crippen LogP contribution in [0.5, 0.6) is 0 Å². The normalized spacial score (nSPS) is 11.5. The van der Waals surface area contributed by atoms with Crippen molar-refractivity contribution in [2.75, 3.05) is 5.32 Å². The van der Waals surface area contributed by atoms with Crippen molar-refractivity contribution in [3.05, 3.63) is 30.3 Å². The molecule has 0 heterocycles. The number of carbonyl (C=O) groups excluding carboxylic acids is 2. The Morgan fingerprint density at radius 2 is 2.00 bits per heavy atom. The summed E-state index contributed by atoms with van der Waals surface area (Å²) < 4.78 is 0. The fourth-order valence-electron chi connectivity index (χ4n) is 0.950. The van der Waals surface area contributed by atoms with Crippen LogP contribution in [0.3, 0.4) is 0 Å². The zero-order chi connectivity index (χ0) is 10.4. The zero-order valence-corrected chi connectivity index (χ0v) is 7.86. The number of benzene rings is 1. The predicted molar refractivity (Wildman–Crippen MR) is 53.7 cm³/mol. The molecule has 0 aliphatic carbocycles. The Morgan fingerprint density at radius 1 is 1.36 bits per heavy atom. The van der Waals surface area contributed by atoms with Crippen molar-refractivity contribution in [1.82, 2.24) is 5.32 Å². The molecule has 1 atom stereocenters. The molecule has 0 aromatic heterocycles. The van der Waals surface area contributed by atoms with Crippen LogP contribution in [0.2, 0.25) is 0 Å². The number of rotatable bonds is 4. The number of hydrogen-bond acceptors (Lipinski definition) is 2. The maximum atomic E-state index is 11.4. The minimum Gasteiger partial charge on any atom is -0.347 e. The quantitative estimate of drug-likeness (QED) is 0.692. The smallest absolute Gasteiger partial charge is 0.246 e.